The highest BCUT2D eigenvalue weighted by Gasteiger charge is 2.34. The molecule has 0 fully saturated rings. The molecule has 40 heavy (non-hydrogen) atoms. The third-order valence-electron chi connectivity index (χ3n) is 5.92. The first-order valence-electron chi connectivity index (χ1n) is 12.5. The molecule has 3 rings (SSSR count). The van der Waals surface area contributed by atoms with E-state index in [2.05, 4.69) is 5.32 Å². The number of hydrogen-bond acceptors (Lipinski definition) is 4. The van der Waals surface area contributed by atoms with Crippen LogP contribution in [0.15, 0.2) is 72.8 Å². The maximum absolute atomic E-state index is 14.0. The van der Waals surface area contributed by atoms with Crippen molar-refractivity contribution in [2.45, 2.75) is 45.3 Å². The summed E-state index contributed by atoms with van der Waals surface area (Å²) in [6.45, 7) is 4.76. The summed E-state index contributed by atoms with van der Waals surface area (Å²) >= 11 is 12.5. The highest BCUT2D eigenvalue weighted by atomic mass is 35.5. The van der Waals surface area contributed by atoms with Gasteiger partial charge in [0.1, 0.15) is 18.4 Å². The van der Waals surface area contributed by atoms with Crippen LogP contribution in [-0.4, -0.2) is 49.5 Å². The molecule has 2 amide bonds. The van der Waals surface area contributed by atoms with Gasteiger partial charge in [-0.25, -0.2) is 12.8 Å². The molecule has 3 aromatic carbocycles. The Hall–Kier alpha value is -3.14. The molecule has 1 atom stereocenters. The van der Waals surface area contributed by atoms with Crippen molar-refractivity contribution in [3.8, 4) is 0 Å². The van der Waals surface area contributed by atoms with E-state index in [1.54, 1.807) is 12.1 Å². The first-order valence-corrected chi connectivity index (χ1v) is 15.1. The Balaban J connectivity index is 2.09. The van der Waals surface area contributed by atoms with Gasteiger partial charge in [-0.15, -0.1) is 0 Å². The number of nitrogens with zero attached hydrogens (tertiary/aromatic N) is 2. The van der Waals surface area contributed by atoms with E-state index in [-0.39, 0.29) is 18.7 Å². The molecule has 1 unspecified atom stereocenters. The van der Waals surface area contributed by atoms with Crippen molar-refractivity contribution >= 4 is 50.7 Å². The Bertz CT molecular complexity index is 1450. The molecule has 0 radical (unpaired) electrons. The van der Waals surface area contributed by atoms with Gasteiger partial charge in [-0.05, 0) is 68.3 Å². The van der Waals surface area contributed by atoms with Gasteiger partial charge in [0.15, 0.2) is 0 Å². The van der Waals surface area contributed by atoms with Crippen molar-refractivity contribution in [3.05, 3.63) is 99.8 Å². The predicted octanol–water partition coefficient (Wildman–Crippen LogP) is 5.45. The summed E-state index contributed by atoms with van der Waals surface area (Å²) in [6, 6.07) is 17.7. The Morgan fingerprint density at radius 2 is 1.60 bits per heavy atom. The molecular formula is C29H32Cl2FN3O4S. The Kier molecular flexibility index (Phi) is 10.2. The van der Waals surface area contributed by atoms with Gasteiger partial charge in [0.05, 0.1) is 11.9 Å². The number of halogens is 3. The molecule has 0 heterocycles. The second-order valence-corrected chi connectivity index (χ2v) is 13.2. The van der Waals surface area contributed by atoms with Crippen LogP contribution in [-0.2, 0) is 32.6 Å². The van der Waals surface area contributed by atoms with E-state index < -0.39 is 45.8 Å². The van der Waals surface area contributed by atoms with Crippen LogP contribution in [0.1, 0.15) is 31.9 Å². The second-order valence-electron chi connectivity index (χ2n) is 10.4. The topological polar surface area (TPSA) is 86.8 Å². The summed E-state index contributed by atoms with van der Waals surface area (Å²) in [7, 11) is -3.96. The molecule has 3 aromatic rings. The smallest absolute Gasteiger partial charge is 0.244 e. The van der Waals surface area contributed by atoms with Gasteiger partial charge >= 0.3 is 0 Å². The molecule has 214 valence electrons. The molecule has 7 nitrogen and oxygen atoms in total. The molecule has 0 aromatic heterocycles. The minimum absolute atomic E-state index is 0.0923. The number of rotatable bonds is 10. The summed E-state index contributed by atoms with van der Waals surface area (Å²) in [6.07, 6.45) is 1.12. The fraction of sp³-hybridized carbons (Fsp3) is 0.310. The molecule has 0 spiro atoms. The zero-order valence-electron chi connectivity index (χ0n) is 22.7. The molecule has 1 N–H and O–H groups in total. The lowest BCUT2D eigenvalue weighted by molar-refractivity contribution is -0.140. The number of hydrogen-bond donors (Lipinski definition) is 1. The van der Waals surface area contributed by atoms with E-state index in [0.29, 0.717) is 15.6 Å². The van der Waals surface area contributed by atoms with Gasteiger partial charge in [0.2, 0.25) is 21.8 Å². The van der Waals surface area contributed by atoms with Gasteiger partial charge in [-0.3, -0.25) is 13.9 Å². The SMILES string of the molecule is CC(C)(C)NC(=O)C(Cc1ccccc1)N(Cc1ccc(Cl)cc1Cl)C(=O)CN(c1ccc(F)cc1)S(C)(=O)=O. The van der Waals surface area contributed by atoms with Gasteiger partial charge in [-0.2, -0.15) is 0 Å². The number of carbonyl (C=O) groups excluding carboxylic acids is 2. The van der Waals surface area contributed by atoms with Gasteiger partial charge in [-0.1, -0.05) is 59.6 Å². The fourth-order valence-electron chi connectivity index (χ4n) is 4.06. The number of anilines is 1. The number of carbonyl (C=O) groups is 2. The van der Waals surface area contributed by atoms with Crippen LogP contribution in [0.2, 0.25) is 10.0 Å². The van der Waals surface area contributed by atoms with Crippen molar-refractivity contribution in [2.75, 3.05) is 17.1 Å². The lowest BCUT2D eigenvalue weighted by atomic mass is 10.0. The number of amides is 2. The third-order valence-corrected chi connectivity index (χ3v) is 7.65. The van der Waals surface area contributed by atoms with E-state index in [1.807, 2.05) is 51.1 Å². The largest absolute Gasteiger partial charge is 0.350 e. The maximum atomic E-state index is 14.0. The average molecular weight is 609 g/mol. The van der Waals surface area contributed by atoms with E-state index in [0.717, 1.165) is 28.3 Å². The monoisotopic (exact) mass is 607 g/mol. The van der Waals surface area contributed by atoms with Crippen molar-refractivity contribution in [2.24, 2.45) is 0 Å². The summed E-state index contributed by atoms with van der Waals surface area (Å²) in [5, 5.41) is 3.64. The van der Waals surface area contributed by atoms with Crippen molar-refractivity contribution in [1.82, 2.24) is 10.2 Å². The zero-order valence-corrected chi connectivity index (χ0v) is 25.0. The van der Waals surface area contributed by atoms with Crippen LogP contribution in [0.3, 0.4) is 0 Å². The molecule has 0 aliphatic carbocycles. The predicted molar refractivity (Wildman–Crippen MR) is 157 cm³/mol. The zero-order chi connectivity index (χ0) is 29.7. The van der Waals surface area contributed by atoms with Crippen LogP contribution in [0, 0.1) is 5.82 Å². The van der Waals surface area contributed by atoms with Gasteiger partial charge in [0.25, 0.3) is 0 Å². The molecule has 0 aliphatic rings. The van der Waals surface area contributed by atoms with Gasteiger partial charge in [0, 0.05) is 28.5 Å². The Morgan fingerprint density at radius 1 is 0.975 bits per heavy atom. The lowest BCUT2D eigenvalue weighted by Crippen LogP contribution is -2.56. The van der Waals surface area contributed by atoms with Crippen LogP contribution in [0.25, 0.3) is 0 Å². The fourth-order valence-corrected chi connectivity index (χ4v) is 5.38. The van der Waals surface area contributed by atoms with Crippen LogP contribution < -0.4 is 9.62 Å². The highest BCUT2D eigenvalue weighted by molar-refractivity contribution is 7.92. The van der Waals surface area contributed by atoms with Crippen molar-refractivity contribution in [1.29, 1.82) is 0 Å². The average Bonchev–Trinajstić information content (AvgIpc) is 2.85. The molecule has 0 saturated carbocycles. The minimum atomic E-state index is -3.96. The van der Waals surface area contributed by atoms with Crippen molar-refractivity contribution < 1.29 is 22.4 Å². The second kappa shape index (κ2) is 13.0. The summed E-state index contributed by atoms with van der Waals surface area (Å²) in [5.74, 6) is -1.61. The minimum Gasteiger partial charge on any atom is -0.350 e. The maximum Gasteiger partial charge on any atom is 0.244 e. The van der Waals surface area contributed by atoms with E-state index >= 15 is 0 Å². The normalized spacial score (nSPS) is 12.5. The lowest BCUT2D eigenvalue weighted by Gasteiger charge is -2.35. The van der Waals surface area contributed by atoms with Crippen LogP contribution >= 0.6 is 23.2 Å². The Morgan fingerprint density at radius 3 is 2.15 bits per heavy atom. The number of sulfonamides is 1. The highest BCUT2D eigenvalue weighted by Crippen LogP contribution is 2.25. The first-order chi connectivity index (χ1) is 18.6. The van der Waals surface area contributed by atoms with E-state index in [4.69, 9.17) is 23.2 Å². The molecule has 11 heteroatoms. The summed E-state index contributed by atoms with van der Waals surface area (Å²) < 4.78 is 40.0. The van der Waals surface area contributed by atoms with Crippen LogP contribution in [0.4, 0.5) is 10.1 Å². The molecule has 0 bridgehead atoms. The number of benzene rings is 3. The molecular weight excluding hydrogens is 576 g/mol. The molecule has 0 aliphatic heterocycles. The third kappa shape index (κ3) is 8.94. The number of nitrogens with one attached hydrogen (secondary N) is 1. The van der Waals surface area contributed by atoms with Gasteiger partial charge < -0.3 is 10.2 Å². The summed E-state index contributed by atoms with van der Waals surface area (Å²) in [5.41, 5.74) is 0.829. The van der Waals surface area contributed by atoms with E-state index in [1.165, 1.54) is 23.1 Å². The van der Waals surface area contributed by atoms with Crippen molar-refractivity contribution in [3.63, 3.8) is 0 Å². The standard InChI is InChI=1S/C29H32Cl2FN3O4S/c1-29(2,3)33-28(37)26(16-20-8-6-5-7-9-20)34(18-21-10-11-22(30)17-25(21)31)27(36)19-35(40(4,38)39)24-14-12-23(32)13-15-24/h5-15,17,26H,16,18-19H2,1-4H3,(H,33,37). The quantitative estimate of drug-likeness (QED) is 0.332. The van der Waals surface area contributed by atoms with E-state index in [9.17, 15) is 22.4 Å². The Labute approximate surface area is 244 Å². The molecule has 0 saturated heterocycles. The first kappa shape index (κ1) is 31.4. The summed E-state index contributed by atoms with van der Waals surface area (Å²) in [4.78, 5) is 29.0. The van der Waals surface area contributed by atoms with Crippen LogP contribution in [0.5, 0.6) is 0 Å².